The first-order valence-corrected chi connectivity index (χ1v) is 6.19. The van der Waals surface area contributed by atoms with Crippen molar-refractivity contribution in [3.05, 3.63) is 12.2 Å². The zero-order valence-electron chi connectivity index (χ0n) is 11.2. The molecule has 2 amide bonds. The van der Waals surface area contributed by atoms with E-state index in [9.17, 15) is 9.59 Å². The van der Waals surface area contributed by atoms with Gasteiger partial charge in [-0.05, 0) is 13.3 Å². The van der Waals surface area contributed by atoms with Gasteiger partial charge in [-0.15, -0.1) is 10.2 Å². The van der Waals surface area contributed by atoms with Crippen LogP contribution in [0.5, 0.6) is 0 Å². The number of nitrogens with zero attached hydrogens (tertiary/aromatic N) is 4. The van der Waals surface area contributed by atoms with E-state index < -0.39 is 12.0 Å². The van der Waals surface area contributed by atoms with Gasteiger partial charge in [0.15, 0.2) is 5.82 Å². The van der Waals surface area contributed by atoms with Crippen LogP contribution in [0.25, 0.3) is 0 Å². The van der Waals surface area contributed by atoms with E-state index in [-0.39, 0.29) is 13.1 Å². The Morgan fingerprint density at radius 1 is 1.47 bits per heavy atom. The molecule has 0 saturated carbocycles. The van der Waals surface area contributed by atoms with Gasteiger partial charge < -0.3 is 19.9 Å². The molecule has 8 nitrogen and oxygen atoms in total. The fourth-order valence-electron chi connectivity index (χ4n) is 1.63. The number of carboxylic acid groups (broad SMARTS) is 1. The molecule has 0 unspecified atom stereocenters. The molecule has 1 aromatic rings. The van der Waals surface area contributed by atoms with Crippen molar-refractivity contribution in [1.29, 1.82) is 0 Å². The smallest absolute Gasteiger partial charge is 0.323 e. The fraction of sp³-hybridized carbons (Fsp3) is 0.636. The van der Waals surface area contributed by atoms with E-state index in [1.807, 2.05) is 18.4 Å². The number of nitrogens with one attached hydrogen (secondary N) is 1. The minimum atomic E-state index is -1.03. The lowest BCUT2D eigenvalue weighted by Gasteiger charge is -2.20. The number of urea groups is 1. The lowest BCUT2D eigenvalue weighted by Crippen LogP contribution is -2.43. The first-order valence-electron chi connectivity index (χ1n) is 6.19. The van der Waals surface area contributed by atoms with Crippen molar-refractivity contribution < 1.29 is 14.7 Å². The van der Waals surface area contributed by atoms with E-state index in [2.05, 4.69) is 15.5 Å². The number of carboxylic acids is 1. The monoisotopic (exact) mass is 269 g/mol. The summed E-state index contributed by atoms with van der Waals surface area (Å²) in [6, 6.07) is -0.407. The lowest BCUT2D eigenvalue weighted by atomic mass is 10.4. The number of aryl methyl sites for hydroxylation is 1. The molecule has 2 N–H and O–H groups in total. The molecule has 0 saturated heterocycles. The van der Waals surface area contributed by atoms with Gasteiger partial charge in [-0.2, -0.15) is 0 Å². The average Bonchev–Trinajstić information content (AvgIpc) is 2.82. The quantitative estimate of drug-likeness (QED) is 0.741. The van der Waals surface area contributed by atoms with Crippen LogP contribution in [0.15, 0.2) is 6.33 Å². The van der Waals surface area contributed by atoms with Crippen LogP contribution in [-0.4, -0.2) is 49.9 Å². The largest absolute Gasteiger partial charge is 0.480 e. The Labute approximate surface area is 111 Å². The summed E-state index contributed by atoms with van der Waals surface area (Å²) in [4.78, 5) is 23.8. The third-order valence-corrected chi connectivity index (χ3v) is 2.54. The molecule has 0 radical (unpaired) electrons. The molecule has 1 rings (SSSR count). The number of hydrogen-bond acceptors (Lipinski definition) is 4. The maximum absolute atomic E-state index is 11.9. The molecule has 0 aromatic carbocycles. The molecule has 0 spiro atoms. The topological polar surface area (TPSA) is 100 Å². The molecule has 106 valence electrons. The van der Waals surface area contributed by atoms with E-state index in [1.165, 1.54) is 4.90 Å². The fourth-order valence-corrected chi connectivity index (χ4v) is 1.63. The van der Waals surface area contributed by atoms with Crippen molar-refractivity contribution in [1.82, 2.24) is 25.0 Å². The molecule has 0 aliphatic heterocycles. The number of amides is 2. The second kappa shape index (κ2) is 7.34. The van der Waals surface area contributed by atoms with Gasteiger partial charge in [0.2, 0.25) is 0 Å². The predicted molar refractivity (Wildman–Crippen MR) is 67.4 cm³/mol. The Balaban J connectivity index is 2.54. The van der Waals surface area contributed by atoms with Crippen molar-refractivity contribution in [2.45, 2.75) is 33.4 Å². The van der Waals surface area contributed by atoms with Crippen molar-refractivity contribution in [3.8, 4) is 0 Å². The SMILES string of the molecule is CCCN(CC(=O)O)C(=O)NCc1nncn1CC. The van der Waals surface area contributed by atoms with E-state index in [4.69, 9.17) is 5.11 Å². The van der Waals surface area contributed by atoms with Gasteiger partial charge >= 0.3 is 12.0 Å². The highest BCUT2D eigenvalue weighted by Gasteiger charge is 2.16. The van der Waals surface area contributed by atoms with Crippen LogP contribution in [0.3, 0.4) is 0 Å². The maximum Gasteiger partial charge on any atom is 0.323 e. The standard InChI is InChI=1S/C11H19N5O3/c1-3-5-16(7-10(17)18)11(19)12-6-9-14-13-8-15(9)4-2/h8H,3-7H2,1-2H3,(H,12,19)(H,17,18). The second-order valence-corrected chi connectivity index (χ2v) is 4.01. The summed E-state index contributed by atoms with van der Waals surface area (Å²) >= 11 is 0. The second-order valence-electron chi connectivity index (χ2n) is 4.01. The summed E-state index contributed by atoms with van der Waals surface area (Å²) in [5.41, 5.74) is 0. The summed E-state index contributed by atoms with van der Waals surface area (Å²) < 4.78 is 1.81. The highest BCUT2D eigenvalue weighted by atomic mass is 16.4. The first-order chi connectivity index (χ1) is 9.08. The van der Waals surface area contributed by atoms with Crippen LogP contribution in [0.4, 0.5) is 4.79 Å². The van der Waals surface area contributed by atoms with Gasteiger partial charge in [-0.3, -0.25) is 4.79 Å². The van der Waals surface area contributed by atoms with Crippen molar-refractivity contribution in [2.24, 2.45) is 0 Å². The van der Waals surface area contributed by atoms with E-state index >= 15 is 0 Å². The summed E-state index contributed by atoms with van der Waals surface area (Å²) in [5, 5.41) is 19.0. The Morgan fingerprint density at radius 2 is 2.21 bits per heavy atom. The van der Waals surface area contributed by atoms with Crippen LogP contribution < -0.4 is 5.32 Å². The van der Waals surface area contributed by atoms with Gasteiger partial charge in [0.05, 0.1) is 6.54 Å². The third-order valence-electron chi connectivity index (χ3n) is 2.54. The van der Waals surface area contributed by atoms with Crippen LogP contribution in [0.2, 0.25) is 0 Å². The molecule has 0 fully saturated rings. The van der Waals surface area contributed by atoms with Crippen molar-refractivity contribution in [2.75, 3.05) is 13.1 Å². The average molecular weight is 269 g/mol. The molecule has 19 heavy (non-hydrogen) atoms. The highest BCUT2D eigenvalue weighted by Crippen LogP contribution is 1.97. The number of rotatable bonds is 7. The third kappa shape index (κ3) is 4.57. The van der Waals surface area contributed by atoms with E-state index in [0.29, 0.717) is 25.3 Å². The Morgan fingerprint density at radius 3 is 2.79 bits per heavy atom. The zero-order chi connectivity index (χ0) is 14.3. The van der Waals surface area contributed by atoms with Gasteiger partial charge in [0, 0.05) is 13.1 Å². The molecule has 1 heterocycles. The minimum Gasteiger partial charge on any atom is -0.480 e. The van der Waals surface area contributed by atoms with Gasteiger partial charge in [-0.1, -0.05) is 6.92 Å². The maximum atomic E-state index is 11.9. The summed E-state index contributed by atoms with van der Waals surface area (Å²) in [6.07, 6.45) is 2.29. The van der Waals surface area contributed by atoms with E-state index in [0.717, 1.165) is 0 Å². The predicted octanol–water partition coefficient (Wildman–Crippen LogP) is 0.304. The zero-order valence-corrected chi connectivity index (χ0v) is 11.2. The normalized spacial score (nSPS) is 10.2. The van der Waals surface area contributed by atoms with E-state index in [1.54, 1.807) is 6.33 Å². The molecule has 0 bridgehead atoms. The Bertz CT molecular complexity index is 432. The van der Waals surface area contributed by atoms with Gasteiger partial charge in [0.1, 0.15) is 12.9 Å². The number of carbonyl (C=O) groups excluding carboxylic acids is 1. The Hall–Kier alpha value is -2.12. The summed E-state index contributed by atoms with van der Waals surface area (Å²) in [7, 11) is 0. The molecular weight excluding hydrogens is 250 g/mol. The minimum absolute atomic E-state index is 0.229. The Kier molecular flexibility index (Phi) is 5.77. The van der Waals surface area contributed by atoms with Crippen LogP contribution in [0, 0.1) is 0 Å². The molecule has 8 heteroatoms. The van der Waals surface area contributed by atoms with Crippen molar-refractivity contribution in [3.63, 3.8) is 0 Å². The van der Waals surface area contributed by atoms with Crippen molar-refractivity contribution >= 4 is 12.0 Å². The van der Waals surface area contributed by atoms with Crippen LogP contribution >= 0.6 is 0 Å². The molecule has 0 aliphatic carbocycles. The molecule has 0 aliphatic rings. The molecular formula is C11H19N5O3. The number of aliphatic carboxylic acids is 1. The molecule has 0 atom stereocenters. The van der Waals surface area contributed by atoms with Crippen LogP contribution in [0.1, 0.15) is 26.1 Å². The van der Waals surface area contributed by atoms with Gasteiger partial charge in [0.25, 0.3) is 0 Å². The molecule has 1 aromatic heterocycles. The van der Waals surface area contributed by atoms with Crippen LogP contribution in [-0.2, 0) is 17.9 Å². The number of aromatic nitrogens is 3. The van der Waals surface area contributed by atoms with Gasteiger partial charge in [-0.25, -0.2) is 4.79 Å². The lowest BCUT2D eigenvalue weighted by molar-refractivity contribution is -0.137. The first kappa shape index (κ1) is 14.9. The summed E-state index contributed by atoms with van der Waals surface area (Å²) in [6.45, 7) is 4.87. The summed E-state index contributed by atoms with van der Waals surface area (Å²) in [5.74, 6) is -0.386. The highest BCUT2D eigenvalue weighted by molar-refractivity contribution is 5.79. The number of hydrogen-bond donors (Lipinski definition) is 2. The number of carbonyl (C=O) groups is 2.